The van der Waals surface area contributed by atoms with E-state index in [-0.39, 0.29) is 30.0 Å². The Labute approximate surface area is 134 Å². The van der Waals surface area contributed by atoms with Crippen molar-refractivity contribution in [2.75, 3.05) is 6.54 Å². The molecule has 1 amide bonds. The van der Waals surface area contributed by atoms with E-state index in [0.717, 1.165) is 0 Å². The summed E-state index contributed by atoms with van der Waals surface area (Å²) in [7, 11) is 0. The summed E-state index contributed by atoms with van der Waals surface area (Å²) in [5.41, 5.74) is -2.94. The van der Waals surface area contributed by atoms with Crippen LogP contribution in [0.3, 0.4) is 0 Å². The molecule has 2 rings (SSSR count). The number of allylic oxidation sites excluding steroid dienone is 1. The van der Waals surface area contributed by atoms with Crippen molar-refractivity contribution in [2.24, 2.45) is 5.92 Å². The Bertz CT molecular complexity index is 602. The minimum atomic E-state index is -4.89. The number of carbonyl (C=O) groups is 1. The van der Waals surface area contributed by atoms with Crippen molar-refractivity contribution in [1.82, 2.24) is 4.90 Å². The van der Waals surface area contributed by atoms with E-state index in [1.807, 2.05) is 0 Å². The van der Waals surface area contributed by atoms with Crippen LogP contribution in [0.2, 0.25) is 0 Å². The molecule has 1 atom stereocenters. The smallest absolute Gasteiger partial charge is 0.338 e. The van der Waals surface area contributed by atoms with Crippen LogP contribution in [0.15, 0.2) is 30.9 Å². The number of hydrogen-bond acceptors (Lipinski definition) is 1. The van der Waals surface area contributed by atoms with Crippen LogP contribution in [0, 0.1) is 5.92 Å². The fourth-order valence-electron chi connectivity index (χ4n) is 2.71. The van der Waals surface area contributed by atoms with Gasteiger partial charge in [-0.3, -0.25) is 4.79 Å². The first-order valence-electron chi connectivity index (χ1n) is 7.20. The van der Waals surface area contributed by atoms with Gasteiger partial charge in [0.15, 0.2) is 0 Å². The highest BCUT2D eigenvalue weighted by atomic mass is 19.4. The third-order valence-electron chi connectivity index (χ3n) is 3.88. The zero-order valence-corrected chi connectivity index (χ0v) is 12.5. The first-order valence-corrected chi connectivity index (χ1v) is 7.20. The number of amides is 1. The van der Waals surface area contributed by atoms with E-state index in [9.17, 15) is 31.1 Å². The molecule has 0 aromatic heterocycles. The predicted octanol–water partition coefficient (Wildman–Crippen LogP) is 4.65. The SMILES string of the molecule is C=CCC1CCN(Cc2cc(C(F)(F)F)cc(C(F)(F)F)c2)C1=O. The number of carbonyl (C=O) groups excluding carboxylic acids is 1. The van der Waals surface area contributed by atoms with Gasteiger partial charge in [-0.2, -0.15) is 26.3 Å². The summed E-state index contributed by atoms with van der Waals surface area (Å²) in [5.74, 6) is -0.587. The van der Waals surface area contributed by atoms with Crippen LogP contribution in [-0.2, 0) is 23.7 Å². The standard InChI is InChI=1S/C16H15F6NO/c1-2-3-11-4-5-23(14(11)24)9-10-6-12(15(17,18)19)8-13(7-10)16(20,21)22/h2,6-8,11H,1,3-5,9H2. The van der Waals surface area contributed by atoms with Gasteiger partial charge in [0.25, 0.3) is 0 Å². The van der Waals surface area contributed by atoms with E-state index in [1.54, 1.807) is 6.08 Å². The highest BCUT2D eigenvalue weighted by Gasteiger charge is 2.37. The van der Waals surface area contributed by atoms with Crippen LogP contribution in [0.5, 0.6) is 0 Å². The van der Waals surface area contributed by atoms with E-state index < -0.39 is 23.5 Å². The van der Waals surface area contributed by atoms with E-state index in [4.69, 9.17) is 0 Å². The van der Waals surface area contributed by atoms with Crippen LogP contribution < -0.4 is 0 Å². The molecule has 1 aliphatic heterocycles. The number of alkyl halides is 6. The Hall–Kier alpha value is -1.99. The molecule has 1 heterocycles. The van der Waals surface area contributed by atoms with Gasteiger partial charge in [-0.15, -0.1) is 6.58 Å². The Morgan fingerprint density at radius 3 is 2.08 bits per heavy atom. The molecule has 1 aromatic carbocycles. The molecule has 0 aliphatic carbocycles. The molecular formula is C16H15F6NO. The summed E-state index contributed by atoms with van der Waals surface area (Å²) < 4.78 is 77.0. The zero-order valence-electron chi connectivity index (χ0n) is 12.5. The van der Waals surface area contributed by atoms with Crippen molar-refractivity contribution in [3.63, 3.8) is 0 Å². The second kappa shape index (κ2) is 6.49. The van der Waals surface area contributed by atoms with Crippen molar-refractivity contribution in [2.45, 2.75) is 31.7 Å². The molecule has 1 saturated heterocycles. The first kappa shape index (κ1) is 18.4. The lowest BCUT2D eigenvalue weighted by Crippen LogP contribution is -2.27. The third-order valence-corrected chi connectivity index (χ3v) is 3.88. The fourth-order valence-corrected chi connectivity index (χ4v) is 2.71. The minimum Gasteiger partial charge on any atom is -0.338 e. The van der Waals surface area contributed by atoms with Gasteiger partial charge >= 0.3 is 12.4 Å². The Kier molecular flexibility index (Phi) is 4.96. The number of likely N-dealkylation sites (tertiary alicyclic amines) is 1. The van der Waals surface area contributed by atoms with Gasteiger partial charge in [-0.25, -0.2) is 0 Å². The summed E-state index contributed by atoms with van der Waals surface area (Å²) in [4.78, 5) is 13.4. The average Bonchev–Trinajstić information content (AvgIpc) is 2.79. The molecule has 0 N–H and O–H groups in total. The quantitative estimate of drug-likeness (QED) is 0.571. The third kappa shape index (κ3) is 4.10. The topological polar surface area (TPSA) is 20.3 Å². The minimum absolute atomic E-state index is 0.0792. The molecule has 0 spiro atoms. The van der Waals surface area contributed by atoms with Crippen LogP contribution in [0.4, 0.5) is 26.3 Å². The molecular weight excluding hydrogens is 336 g/mol. The molecule has 24 heavy (non-hydrogen) atoms. The van der Waals surface area contributed by atoms with Gasteiger partial charge in [0.1, 0.15) is 0 Å². The Morgan fingerprint density at radius 2 is 1.62 bits per heavy atom. The summed E-state index contributed by atoms with van der Waals surface area (Å²) >= 11 is 0. The van der Waals surface area contributed by atoms with E-state index in [1.165, 1.54) is 4.90 Å². The number of nitrogens with zero attached hydrogens (tertiary/aromatic N) is 1. The maximum atomic E-state index is 12.8. The number of halogens is 6. The molecule has 0 bridgehead atoms. The monoisotopic (exact) mass is 351 g/mol. The molecule has 132 valence electrons. The molecule has 1 unspecified atom stereocenters. The molecule has 1 fully saturated rings. The summed E-state index contributed by atoms with van der Waals surface area (Å²) in [6.07, 6.45) is -7.27. The lowest BCUT2D eigenvalue weighted by Gasteiger charge is -2.19. The number of rotatable bonds is 4. The van der Waals surface area contributed by atoms with E-state index in [2.05, 4.69) is 6.58 Å². The van der Waals surface area contributed by atoms with Gasteiger partial charge in [-0.05, 0) is 36.6 Å². The van der Waals surface area contributed by atoms with Gasteiger partial charge in [0.2, 0.25) is 5.91 Å². The second-order valence-electron chi connectivity index (χ2n) is 5.68. The molecule has 1 aliphatic rings. The van der Waals surface area contributed by atoms with Crippen molar-refractivity contribution in [1.29, 1.82) is 0 Å². The van der Waals surface area contributed by atoms with E-state index in [0.29, 0.717) is 31.5 Å². The van der Waals surface area contributed by atoms with Gasteiger partial charge in [-0.1, -0.05) is 6.08 Å². The normalized spacial score (nSPS) is 19.0. The number of hydrogen-bond donors (Lipinski definition) is 0. The van der Waals surface area contributed by atoms with Crippen molar-refractivity contribution >= 4 is 5.91 Å². The predicted molar refractivity (Wildman–Crippen MR) is 74.8 cm³/mol. The lowest BCUT2D eigenvalue weighted by atomic mass is 10.0. The fraction of sp³-hybridized carbons (Fsp3) is 0.438. The highest BCUT2D eigenvalue weighted by Crippen LogP contribution is 2.37. The Morgan fingerprint density at radius 1 is 1.08 bits per heavy atom. The van der Waals surface area contributed by atoms with E-state index >= 15 is 0 Å². The lowest BCUT2D eigenvalue weighted by molar-refractivity contribution is -0.143. The molecule has 2 nitrogen and oxygen atoms in total. The van der Waals surface area contributed by atoms with Crippen LogP contribution in [0.1, 0.15) is 29.5 Å². The maximum absolute atomic E-state index is 12.8. The molecule has 8 heteroatoms. The summed E-state index contributed by atoms with van der Waals surface area (Å²) in [6, 6.07) is 1.39. The molecule has 1 aromatic rings. The van der Waals surface area contributed by atoms with Crippen molar-refractivity contribution < 1.29 is 31.1 Å². The number of benzene rings is 1. The van der Waals surface area contributed by atoms with Gasteiger partial charge < -0.3 is 4.90 Å². The van der Waals surface area contributed by atoms with Gasteiger partial charge in [0, 0.05) is 19.0 Å². The maximum Gasteiger partial charge on any atom is 0.416 e. The molecule has 0 radical (unpaired) electrons. The van der Waals surface area contributed by atoms with Crippen LogP contribution >= 0.6 is 0 Å². The largest absolute Gasteiger partial charge is 0.416 e. The Balaban J connectivity index is 2.30. The zero-order chi connectivity index (χ0) is 18.1. The highest BCUT2D eigenvalue weighted by molar-refractivity contribution is 5.81. The first-order chi connectivity index (χ1) is 11.0. The molecule has 0 saturated carbocycles. The summed E-state index contributed by atoms with van der Waals surface area (Å²) in [5, 5.41) is 0. The van der Waals surface area contributed by atoms with Crippen molar-refractivity contribution in [3.8, 4) is 0 Å². The summed E-state index contributed by atoms with van der Waals surface area (Å²) in [6.45, 7) is 3.55. The average molecular weight is 351 g/mol. The van der Waals surface area contributed by atoms with Crippen molar-refractivity contribution in [3.05, 3.63) is 47.5 Å². The second-order valence-corrected chi connectivity index (χ2v) is 5.68. The van der Waals surface area contributed by atoms with Crippen LogP contribution in [-0.4, -0.2) is 17.4 Å². The van der Waals surface area contributed by atoms with Crippen LogP contribution in [0.25, 0.3) is 0 Å². The van der Waals surface area contributed by atoms with Gasteiger partial charge in [0.05, 0.1) is 11.1 Å².